The van der Waals surface area contributed by atoms with Gasteiger partial charge in [0.05, 0.1) is 15.8 Å². The molecule has 1 atom stereocenters. The molecule has 0 saturated heterocycles. The Morgan fingerprint density at radius 1 is 1.02 bits per heavy atom. The van der Waals surface area contributed by atoms with Crippen LogP contribution in [0, 0.1) is 34.6 Å². The Morgan fingerprint density at radius 3 is 2.29 bits per heavy atom. The van der Waals surface area contributed by atoms with Gasteiger partial charge in [0.25, 0.3) is 5.56 Å². The van der Waals surface area contributed by atoms with Crippen molar-refractivity contribution in [2.24, 2.45) is 0 Å². The third-order valence-corrected chi connectivity index (χ3v) is 9.22. The minimum Gasteiger partial charge on any atom is -0.480 e. The van der Waals surface area contributed by atoms with Crippen molar-refractivity contribution in [3.63, 3.8) is 0 Å². The van der Waals surface area contributed by atoms with Crippen molar-refractivity contribution in [1.29, 1.82) is 0 Å². The molecule has 12 heteroatoms. The number of rotatable bonds is 12. The van der Waals surface area contributed by atoms with Crippen LogP contribution < -0.4 is 20.9 Å². The van der Waals surface area contributed by atoms with E-state index >= 15 is 0 Å². The smallest absolute Gasteiger partial charge is 0.322 e. The first-order valence-corrected chi connectivity index (χ1v) is 15.3. The minimum absolute atomic E-state index is 0.0360. The first-order valence-electron chi connectivity index (χ1n) is 13.8. The Labute approximate surface area is 245 Å². The molecule has 1 aromatic heterocycles. The third-order valence-electron chi connectivity index (χ3n) is 7.48. The van der Waals surface area contributed by atoms with Crippen LogP contribution in [0.1, 0.15) is 59.0 Å². The Morgan fingerprint density at radius 2 is 1.67 bits per heavy atom. The highest BCUT2D eigenvalue weighted by Gasteiger charge is 2.30. The van der Waals surface area contributed by atoms with Crippen molar-refractivity contribution < 1.29 is 23.1 Å². The van der Waals surface area contributed by atoms with Gasteiger partial charge in [0.1, 0.15) is 11.9 Å². The number of H-pyrrole nitrogens is 1. The van der Waals surface area contributed by atoms with E-state index in [0.717, 1.165) is 29.5 Å². The summed E-state index contributed by atoms with van der Waals surface area (Å²) in [5, 5.41) is 15.6. The second-order valence-corrected chi connectivity index (χ2v) is 12.0. The summed E-state index contributed by atoms with van der Waals surface area (Å²) in [7, 11) is -4.22. The zero-order chi connectivity index (χ0) is 31.2. The number of hydrogen-bond donors (Lipinski definition) is 5. The topological polar surface area (TPSA) is 170 Å². The second kappa shape index (κ2) is 13.8. The molecule has 0 aliphatic heterocycles. The Bertz CT molecular complexity index is 1670. The van der Waals surface area contributed by atoms with E-state index in [-0.39, 0.29) is 28.6 Å². The van der Waals surface area contributed by atoms with E-state index in [1.165, 1.54) is 0 Å². The summed E-state index contributed by atoms with van der Waals surface area (Å²) in [5.41, 5.74) is 4.30. The maximum atomic E-state index is 13.4. The number of nitrogens with zero attached hydrogens (tertiary/aromatic N) is 1. The number of fused-ring (bicyclic) bond motifs is 1. The number of carboxylic acid groups (broad SMARTS) is 1. The van der Waals surface area contributed by atoms with Crippen LogP contribution in [-0.4, -0.2) is 54.6 Å². The van der Waals surface area contributed by atoms with E-state index in [2.05, 4.69) is 25.3 Å². The number of carboxylic acids is 1. The van der Waals surface area contributed by atoms with Gasteiger partial charge in [-0.15, -0.1) is 0 Å². The SMILES string of the molecule is CCCCNC(=O)NC/C=C/c1ccc2nc(C[C@H](NS(=O)(=O)c3c(C)c(C)c(C)c(C)c3C)C(=O)O)[nH]c(=O)c2c1. The summed E-state index contributed by atoms with van der Waals surface area (Å²) in [6.07, 6.45) is 5.04. The molecule has 0 bridgehead atoms. The highest BCUT2D eigenvalue weighted by atomic mass is 32.2. The van der Waals surface area contributed by atoms with E-state index in [9.17, 15) is 27.9 Å². The van der Waals surface area contributed by atoms with Crippen molar-refractivity contribution >= 4 is 39.0 Å². The zero-order valence-corrected chi connectivity index (χ0v) is 25.7. The van der Waals surface area contributed by atoms with Gasteiger partial charge >= 0.3 is 12.0 Å². The van der Waals surface area contributed by atoms with Gasteiger partial charge in [-0.3, -0.25) is 9.59 Å². The fourth-order valence-corrected chi connectivity index (χ4v) is 6.47. The maximum absolute atomic E-state index is 13.4. The lowest BCUT2D eigenvalue weighted by Gasteiger charge is -2.21. The molecule has 0 spiro atoms. The van der Waals surface area contributed by atoms with Gasteiger partial charge in [0.15, 0.2) is 0 Å². The quantitative estimate of drug-likeness (QED) is 0.199. The van der Waals surface area contributed by atoms with Crippen LogP contribution in [0.15, 0.2) is 34.0 Å². The molecule has 0 radical (unpaired) electrons. The first kappa shape index (κ1) is 32.5. The van der Waals surface area contributed by atoms with E-state index < -0.39 is 27.6 Å². The minimum atomic E-state index is -4.22. The Kier molecular flexibility index (Phi) is 10.6. The number of amides is 2. The number of aromatic nitrogens is 2. The molecular formula is C30H39N5O6S. The third kappa shape index (κ3) is 7.62. The molecule has 42 heavy (non-hydrogen) atoms. The molecule has 11 nitrogen and oxygen atoms in total. The van der Waals surface area contributed by atoms with Crippen LogP contribution in [0.5, 0.6) is 0 Å². The van der Waals surface area contributed by atoms with E-state index in [4.69, 9.17) is 0 Å². The van der Waals surface area contributed by atoms with Crippen molar-refractivity contribution in [2.45, 2.75) is 71.7 Å². The van der Waals surface area contributed by atoms with Gasteiger partial charge in [0.2, 0.25) is 10.0 Å². The zero-order valence-electron chi connectivity index (χ0n) is 24.8. The van der Waals surface area contributed by atoms with Crippen molar-refractivity contribution in [3.8, 4) is 0 Å². The normalized spacial score (nSPS) is 12.5. The molecule has 226 valence electrons. The number of aromatic amines is 1. The van der Waals surface area contributed by atoms with Gasteiger partial charge in [-0.1, -0.05) is 31.6 Å². The molecule has 0 unspecified atom stereocenters. The van der Waals surface area contributed by atoms with Gasteiger partial charge in [0, 0.05) is 19.5 Å². The maximum Gasteiger partial charge on any atom is 0.322 e. The molecule has 2 aromatic carbocycles. The summed E-state index contributed by atoms with van der Waals surface area (Å²) in [5.74, 6) is -1.36. The Balaban J connectivity index is 1.79. The van der Waals surface area contributed by atoms with Gasteiger partial charge < -0.3 is 20.7 Å². The lowest BCUT2D eigenvalue weighted by molar-refractivity contribution is -0.139. The fourth-order valence-electron chi connectivity index (χ4n) is 4.68. The van der Waals surface area contributed by atoms with Crippen LogP contribution in [0.25, 0.3) is 17.0 Å². The molecule has 3 aromatic rings. The number of nitrogens with one attached hydrogen (secondary N) is 4. The predicted octanol–water partition coefficient (Wildman–Crippen LogP) is 3.55. The summed E-state index contributed by atoms with van der Waals surface area (Å²) in [4.78, 5) is 43.8. The van der Waals surface area contributed by atoms with Crippen LogP contribution in [0.2, 0.25) is 0 Å². The average Bonchev–Trinajstić information content (AvgIpc) is 2.93. The molecule has 3 rings (SSSR count). The molecule has 1 heterocycles. The number of benzene rings is 2. The lowest BCUT2D eigenvalue weighted by atomic mass is 9.95. The summed E-state index contributed by atoms with van der Waals surface area (Å²) < 4.78 is 29.1. The molecular weight excluding hydrogens is 558 g/mol. The number of carbonyl (C=O) groups is 2. The standard InChI is InChI=1S/C30H39N5O6S/c1-7-8-13-31-30(39)32-14-9-10-22-11-12-24-23(15-22)28(36)34-26(33-24)16-25(29(37)38)35-42(40,41)27-20(5)18(3)17(2)19(4)21(27)6/h9-12,15,25,35H,7-8,13-14,16H2,1-6H3,(H,37,38)(H2,31,32,39)(H,33,34,36)/b10-9+/t25-/m0/s1. The van der Waals surface area contributed by atoms with E-state index in [1.54, 1.807) is 44.2 Å². The fraction of sp³-hybridized carbons (Fsp3) is 0.400. The molecule has 0 fully saturated rings. The highest BCUT2D eigenvalue weighted by molar-refractivity contribution is 7.89. The molecule has 5 N–H and O–H groups in total. The predicted molar refractivity (Wildman–Crippen MR) is 163 cm³/mol. The van der Waals surface area contributed by atoms with Crippen LogP contribution in [0.3, 0.4) is 0 Å². The average molecular weight is 598 g/mol. The molecule has 0 aliphatic carbocycles. The first-order chi connectivity index (χ1) is 19.8. The highest BCUT2D eigenvalue weighted by Crippen LogP contribution is 2.29. The molecule has 0 saturated carbocycles. The summed E-state index contributed by atoms with van der Waals surface area (Å²) in [6, 6.07) is 3.18. The monoisotopic (exact) mass is 597 g/mol. The molecule has 2 amide bonds. The van der Waals surface area contributed by atoms with E-state index in [1.807, 2.05) is 27.7 Å². The largest absolute Gasteiger partial charge is 0.480 e. The number of carbonyl (C=O) groups excluding carboxylic acids is 1. The Hall–Kier alpha value is -4.03. The van der Waals surface area contributed by atoms with Crippen LogP contribution >= 0.6 is 0 Å². The van der Waals surface area contributed by atoms with Crippen molar-refractivity contribution in [2.75, 3.05) is 13.1 Å². The number of urea groups is 1. The van der Waals surface area contributed by atoms with Gasteiger partial charge in [-0.05, 0) is 86.6 Å². The number of hydrogen-bond acceptors (Lipinski definition) is 6. The van der Waals surface area contributed by atoms with Crippen molar-refractivity contribution in [3.05, 3.63) is 73.8 Å². The van der Waals surface area contributed by atoms with Crippen molar-refractivity contribution in [1.82, 2.24) is 25.3 Å². The van der Waals surface area contributed by atoms with Crippen LogP contribution in [0.4, 0.5) is 4.79 Å². The van der Waals surface area contributed by atoms with Gasteiger partial charge in [-0.25, -0.2) is 18.2 Å². The number of aliphatic carboxylic acids is 1. The summed E-state index contributed by atoms with van der Waals surface area (Å²) in [6.45, 7) is 11.9. The number of sulfonamides is 1. The van der Waals surface area contributed by atoms with Crippen LogP contribution in [-0.2, 0) is 21.2 Å². The second-order valence-electron chi connectivity index (χ2n) is 10.4. The van der Waals surface area contributed by atoms with E-state index in [0.29, 0.717) is 35.3 Å². The summed E-state index contributed by atoms with van der Waals surface area (Å²) >= 11 is 0. The lowest BCUT2D eigenvalue weighted by Crippen LogP contribution is -2.43. The molecule has 0 aliphatic rings. The number of unbranched alkanes of at least 4 members (excludes halogenated alkanes) is 1. The van der Waals surface area contributed by atoms with Gasteiger partial charge in [-0.2, -0.15) is 4.72 Å².